The van der Waals surface area contributed by atoms with E-state index in [0.717, 1.165) is 18.8 Å². The summed E-state index contributed by atoms with van der Waals surface area (Å²) in [5, 5.41) is 8.78. The average Bonchev–Trinajstić information content (AvgIpc) is 2.65. The Kier molecular flexibility index (Phi) is 8.32. The second-order valence-electron chi connectivity index (χ2n) is 8.14. The zero-order valence-electron chi connectivity index (χ0n) is 18.3. The summed E-state index contributed by atoms with van der Waals surface area (Å²) in [5.74, 6) is -0.312. The summed E-state index contributed by atoms with van der Waals surface area (Å²) in [6, 6.07) is 10.5. The van der Waals surface area contributed by atoms with Crippen LogP contribution >= 0.6 is 0 Å². The molecule has 0 saturated carbocycles. The Morgan fingerprint density at radius 2 is 1.70 bits per heavy atom. The number of amides is 2. The van der Waals surface area contributed by atoms with Crippen molar-refractivity contribution in [2.45, 2.75) is 32.9 Å². The van der Waals surface area contributed by atoms with Crippen molar-refractivity contribution in [3.63, 3.8) is 0 Å². The van der Waals surface area contributed by atoms with Crippen molar-refractivity contribution in [2.24, 2.45) is 0 Å². The van der Waals surface area contributed by atoms with E-state index in [1.165, 1.54) is 0 Å². The Labute approximate surface area is 178 Å². The fourth-order valence-electron chi connectivity index (χ4n) is 2.49. The average molecular weight is 414 g/mol. The highest BCUT2D eigenvalue weighted by Crippen LogP contribution is 2.22. The van der Waals surface area contributed by atoms with E-state index in [9.17, 15) is 9.59 Å². The highest BCUT2D eigenvalue weighted by molar-refractivity contribution is 6.06. The van der Waals surface area contributed by atoms with Crippen LogP contribution in [0.1, 0.15) is 36.8 Å². The highest BCUT2D eigenvalue weighted by Gasteiger charge is 2.18. The molecule has 8 heteroatoms. The maximum absolute atomic E-state index is 12.6. The number of nitrogens with zero attached hydrogens (tertiary/aromatic N) is 2. The van der Waals surface area contributed by atoms with Gasteiger partial charge in [0, 0.05) is 25.8 Å². The number of pyridine rings is 1. The van der Waals surface area contributed by atoms with Crippen molar-refractivity contribution in [3.8, 4) is 0 Å². The molecule has 1 aromatic carbocycles. The number of anilines is 2. The van der Waals surface area contributed by atoms with Crippen molar-refractivity contribution in [1.29, 1.82) is 0 Å². The Balaban J connectivity index is 1.97. The fraction of sp³-hybridized carbons (Fsp3) is 0.409. The summed E-state index contributed by atoms with van der Waals surface area (Å²) in [6.45, 7) is 7.80. The molecule has 1 aromatic heterocycles. The monoisotopic (exact) mass is 413 g/mol. The van der Waals surface area contributed by atoms with Crippen molar-refractivity contribution in [2.75, 3.05) is 37.8 Å². The van der Waals surface area contributed by atoms with Gasteiger partial charge in [0.1, 0.15) is 5.60 Å². The number of carbonyl (C=O) groups excluding carboxylic acids is 2. The van der Waals surface area contributed by atoms with Crippen LogP contribution in [0.5, 0.6) is 0 Å². The minimum atomic E-state index is -0.614. The molecule has 2 rings (SSSR count). The summed E-state index contributed by atoms with van der Waals surface area (Å²) in [5.41, 5.74) is 1.60. The van der Waals surface area contributed by atoms with Crippen LogP contribution in [0.4, 0.5) is 16.2 Å². The van der Waals surface area contributed by atoms with E-state index in [2.05, 4.69) is 25.8 Å². The molecule has 2 amide bonds. The third kappa shape index (κ3) is 8.18. The second kappa shape index (κ2) is 10.7. The summed E-state index contributed by atoms with van der Waals surface area (Å²) in [6.07, 6.45) is 0.958. The normalized spacial score (nSPS) is 11.3. The largest absolute Gasteiger partial charge is 0.444 e. The van der Waals surface area contributed by atoms with E-state index >= 15 is 0 Å². The molecular weight excluding hydrogens is 382 g/mol. The first-order valence-electron chi connectivity index (χ1n) is 9.85. The molecule has 30 heavy (non-hydrogen) atoms. The lowest BCUT2D eigenvalue weighted by molar-refractivity contribution is 0.0635. The van der Waals surface area contributed by atoms with Crippen LogP contribution in [-0.4, -0.2) is 54.7 Å². The molecule has 0 bridgehead atoms. The molecule has 0 aliphatic rings. The molecule has 0 aliphatic heterocycles. The molecule has 0 saturated heterocycles. The summed E-state index contributed by atoms with van der Waals surface area (Å²) < 4.78 is 5.27. The van der Waals surface area contributed by atoms with Gasteiger partial charge >= 0.3 is 6.09 Å². The molecule has 0 atom stereocenters. The molecule has 8 nitrogen and oxygen atoms in total. The predicted molar refractivity (Wildman–Crippen MR) is 119 cm³/mol. The third-order valence-electron chi connectivity index (χ3n) is 3.94. The number of carbonyl (C=O) groups is 2. The second-order valence-corrected chi connectivity index (χ2v) is 8.14. The lowest BCUT2D eigenvalue weighted by Gasteiger charge is -2.20. The molecule has 0 spiro atoms. The van der Waals surface area contributed by atoms with Crippen LogP contribution in [0.3, 0.4) is 0 Å². The van der Waals surface area contributed by atoms with Gasteiger partial charge in [-0.3, -0.25) is 15.1 Å². The first-order chi connectivity index (χ1) is 14.1. The van der Waals surface area contributed by atoms with E-state index in [1.54, 1.807) is 57.3 Å². The zero-order chi connectivity index (χ0) is 22.1. The van der Waals surface area contributed by atoms with Crippen LogP contribution in [0.2, 0.25) is 0 Å². The Morgan fingerprint density at radius 1 is 1.03 bits per heavy atom. The Hall–Kier alpha value is -2.97. The van der Waals surface area contributed by atoms with E-state index < -0.39 is 11.7 Å². The SMILES string of the molecule is CN(C)CCNCc1ccc(C(=O)Nc2ccccc2NC(=O)OC(C)(C)C)cn1. The van der Waals surface area contributed by atoms with Gasteiger partial charge in [0.05, 0.1) is 22.6 Å². The molecule has 1 heterocycles. The van der Waals surface area contributed by atoms with Crippen LogP contribution in [0, 0.1) is 0 Å². The number of para-hydroxylation sites is 2. The van der Waals surface area contributed by atoms with Crippen LogP contribution in [0.25, 0.3) is 0 Å². The number of likely N-dealkylation sites (N-methyl/N-ethyl adjacent to an activating group) is 1. The Morgan fingerprint density at radius 3 is 2.27 bits per heavy atom. The van der Waals surface area contributed by atoms with Crippen molar-refractivity contribution >= 4 is 23.4 Å². The molecule has 0 unspecified atom stereocenters. The van der Waals surface area contributed by atoms with Gasteiger partial charge in [-0.15, -0.1) is 0 Å². The first kappa shape index (κ1) is 23.3. The smallest absolute Gasteiger partial charge is 0.412 e. The molecule has 0 fully saturated rings. The fourth-order valence-corrected chi connectivity index (χ4v) is 2.49. The van der Waals surface area contributed by atoms with Crippen LogP contribution < -0.4 is 16.0 Å². The van der Waals surface area contributed by atoms with Crippen LogP contribution in [0.15, 0.2) is 42.6 Å². The highest BCUT2D eigenvalue weighted by atomic mass is 16.6. The summed E-state index contributed by atoms with van der Waals surface area (Å²) in [7, 11) is 4.04. The molecular formula is C22H31N5O3. The van der Waals surface area contributed by atoms with Crippen molar-refractivity contribution in [1.82, 2.24) is 15.2 Å². The number of benzene rings is 1. The minimum absolute atomic E-state index is 0.312. The predicted octanol–water partition coefficient (Wildman–Crippen LogP) is 3.33. The molecule has 0 aliphatic carbocycles. The molecule has 162 valence electrons. The molecule has 0 radical (unpaired) electrons. The van der Waals surface area contributed by atoms with E-state index in [0.29, 0.717) is 23.5 Å². The van der Waals surface area contributed by atoms with Crippen molar-refractivity contribution < 1.29 is 14.3 Å². The van der Waals surface area contributed by atoms with Gasteiger partial charge in [0.25, 0.3) is 5.91 Å². The standard InChI is InChI=1S/C22H31N5O3/c1-22(2,3)30-21(29)26-19-9-7-6-8-18(19)25-20(28)16-10-11-17(24-14-16)15-23-12-13-27(4)5/h6-11,14,23H,12-13,15H2,1-5H3,(H,25,28)(H,26,29). The number of rotatable bonds is 8. The first-order valence-corrected chi connectivity index (χ1v) is 9.85. The topological polar surface area (TPSA) is 95.6 Å². The number of nitrogens with one attached hydrogen (secondary N) is 3. The van der Waals surface area contributed by atoms with Gasteiger partial charge in [-0.05, 0) is 59.1 Å². The number of aromatic nitrogens is 1. The quantitative estimate of drug-likeness (QED) is 0.575. The van der Waals surface area contributed by atoms with Gasteiger partial charge in [0.15, 0.2) is 0 Å². The summed E-state index contributed by atoms with van der Waals surface area (Å²) >= 11 is 0. The van der Waals surface area contributed by atoms with Crippen LogP contribution in [-0.2, 0) is 11.3 Å². The van der Waals surface area contributed by atoms with Gasteiger partial charge in [-0.2, -0.15) is 0 Å². The van der Waals surface area contributed by atoms with Gasteiger partial charge < -0.3 is 20.3 Å². The van der Waals surface area contributed by atoms with Gasteiger partial charge in [-0.25, -0.2) is 4.79 Å². The maximum atomic E-state index is 12.6. The van der Waals surface area contributed by atoms with Crippen molar-refractivity contribution in [3.05, 3.63) is 53.9 Å². The summed E-state index contributed by atoms with van der Waals surface area (Å²) in [4.78, 5) is 31.1. The zero-order valence-corrected chi connectivity index (χ0v) is 18.3. The number of ether oxygens (including phenoxy) is 1. The Bertz CT molecular complexity index is 845. The van der Waals surface area contributed by atoms with Gasteiger partial charge in [0.2, 0.25) is 0 Å². The van der Waals surface area contributed by atoms with E-state index in [-0.39, 0.29) is 5.91 Å². The number of hydrogen-bond donors (Lipinski definition) is 3. The minimum Gasteiger partial charge on any atom is -0.444 e. The number of hydrogen-bond acceptors (Lipinski definition) is 6. The lowest BCUT2D eigenvalue weighted by atomic mass is 10.2. The van der Waals surface area contributed by atoms with E-state index in [1.807, 2.05) is 20.2 Å². The lowest BCUT2D eigenvalue weighted by Crippen LogP contribution is -2.27. The molecule has 3 N–H and O–H groups in total. The van der Waals surface area contributed by atoms with Gasteiger partial charge in [-0.1, -0.05) is 12.1 Å². The van der Waals surface area contributed by atoms with E-state index in [4.69, 9.17) is 4.74 Å². The molecule has 2 aromatic rings. The maximum Gasteiger partial charge on any atom is 0.412 e. The third-order valence-corrected chi connectivity index (χ3v) is 3.94.